The van der Waals surface area contributed by atoms with Gasteiger partial charge in [0.15, 0.2) is 0 Å². The molecular formula is C11H10O3. The van der Waals surface area contributed by atoms with Crippen LogP contribution in [0, 0.1) is 0 Å². The first-order chi connectivity index (χ1) is 6.79. The van der Waals surface area contributed by atoms with E-state index in [0.29, 0.717) is 17.7 Å². The zero-order valence-corrected chi connectivity index (χ0v) is 7.66. The molecule has 72 valence electrons. The van der Waals surface area contributed by atoms with Gasteiger partial charge >= 0.3 is 5.97 Å². The Kier molecular flexibility index (Phi) is 2.31. The highest BCUT2D eigenvalue weighted by Crippen LogP contribution is 2.25. The quantitative estimate of drug-likeness (QED) is 0.385. The molecule has 0 aliphatic carbocycles. The Balaban J connectivity index is 2.40. The summed E-state index contributed by atoms with van der Waals surface area (Å²) in [5, 5.41) is 0. The SMILES string of the molecule is O=Cc1ccc2c(c1)CCCC(=O)O2. The summed E-state index contributed by atoms with van der Waals surface area (Å²) in [6.45, 7) is 0. The summed E-state index contributed by atoms with van der Waals surface area (Å²) in [7, 11) is 0. The average molecular weight is 190 g/mol. The van der Waals surface area contributed by atoms with Crippen molar-refractivity contribution in [3.8, 4) is 5.75 Å². The van der Waals surface area contributed by atoms with Gasteiger partial charge in [-0.05, 0) is 36.6 Å². The standard InChI is InChI=1S/C11H10O3/c12-7-8-4-5-10-9(6-8)2-1-3-11(13)14-10/h4-7H,1-3H2. The summed E-state index contributed by atoms with van der Waals surface area (Å²) >= 11 is 0. The average Bonchev–Trinajstić information content (AvgIpc) is 2.37. The fourth-order valence-electron chi connectivity index (χ4n) is 1.56. The molecule has 0 N–H and O–H groups in total. The number of carbonyl (C=O) groups is 2. The Morgan fingerprint density at radius 2 is 2.14 bits per heavy atom. The normalized spacial score (nSPS) is 15.3. The Hall–Kier alpha value is -1.64. The van der Waals surface area contributed by atoms with Gasteiger partial charge in [-0.3, -0.25) is 9.59 Å². The molecule has 1 aromatic rings. The summed E-state index contributed by atoms with van der Waals surface area (Å²) in [5.74, 6) is 0.403. The number of benzene rings is 1. The largest absolute Gasteiger partial charge is 0.426 e. The maximum atomic E-state index is 11.1. The number of rotatable bonds is 1. The predicted molar refractivity (Wildman–Crippen MR) is 50.4 cm³/mol. The monoisotopic (exact) mass is 190 g/mol. The lowest BCUT2D eigenvalue weighted by atomic mass is 10.1. The number of hydrogen-bond donors (Lipinski definition) is 0. The van der Waals surface area contributed by atoms with E-state index in [-0.39, 0.29) is 5.97 Å². The van der Waals surface area contributed by atoms with Crippen LogP contribution in [0.2, 0.25) is 0 Å². The summed E-state index contributed by atoms with van der Waals surface area (Å²) in [6.07, 6.45) is 2.83. The zero-order valence-electron chi connectivity index (χ0n) is 7.66. The highest BCUT2D eigenvalue weighted by atomic mass is 16.5. The van der Waals surface area contributed by atoms with E-state index in [1.165, 1.54) is 0 Å². The van der Waals surface area contributed by atoms with E-state index in [1.54, 1.807) is 18.2 Å². The Morgan fingerprint density at radius 3 is 2.93 bits per heavy atom. The zero-order chi connectivity index (χ0) is 9.97. The Bertz CT molecular complexity index is 382. The third kappa shape index (κ3) is 1.66. The summed E-state index contributed by atoms with van der Waals surface area (Å²) in [5.41, 5.74) is 1.57. The molecule has 14 heavy (non-hydrogen) atoms. The summed E-state index contributed by atoms with van der Waals surface area (Å²) < 4.78 is 5.10. The van der Waals surface area contributed by atoms with Gasteiger partial charge in [0.1, 0.15) is 12.0 Å². The maximum Gasteiger partial charge on any atom is 0.311 e. The first kappa shape index (κ1) is 8.94. The Labute approximate surface area is 81.7 Å². The van der Waals surface area contributed by atoms with E-state index < -0.39 is 0 Å². The van der Waals surface area contributed by atoms with Gasteiger partial charge in [0.05, 0.1) is 0 Å². The van der Waals surface area contributed by atoms with Crippen molar-refractivity contribution in [2.45, 2.75) is 19.3 Å². The smallest absolute Gasteiger partial charge is 0.311 e. The van der Waals surface area contributed by atoms with Crippen LogP contribution in [0.3, 0.4) is 0 Å². The number of aryl methyl sites for hydroxylation is 1. The van der Waals surface area contributed by atoms with Crippen LogP contribution in [0.4, 0.5) is 0 Å². The molecule has 3 nitrogen and oxygen atoms in total. The molecule has 2 rings (SSSR count). The molecule has 1 aromatic carbocycles. The molecule has 0 spiro atoms. The molecule has 1 heterocycles. The number of aldehydes is 1. The van der Waals surface area contributed by atoms with Crippen LogP contribution in [0.25, 0.3) is 0 Å². The van der Waals surface area contributed by atoms with Crippen LogP contribution in [0.15, 0.2) is 18.2 Å². The molecule has 3 heteroatoms. The highest BCUT2D eigenvalue weighted by Gasteiger charge is 2.14. The molecule has 1 aliphatic rings. The van der Waals surface area contributed by atoms with Crippen molar-refractivity contribution in [3.05, 3.63) is 29.3 Å². The minimum atomic E-state index is -0.192. The van der Waals surface area contributed by atoms with Crippen LogP contribution in [0.1, 0.15) is 28.8 Å². The molecule has 1 aliphatic heterocycles. The van der Waals surface area contributed by atoms with Gasteiger partial charge in [0.2, 0.25) is 0 Å². The number of esters is 1. The fraction of sp³-hybridized carbons (Fsp3) is 0.273. The Morgan fingerprint density at radius 1 is 1.29 bits per heavy atom. The minimum absolute atomic E-state index is 0.192. The van der Waals surface area contributed by atoms with Crippen LogP contribution < -0.4 is 4.74 Å². The second kappa shape index (κ2) is 3.62. The maximum absolute atomic E-state index is 11.1. The molecule has 0 atom stereocenters. The summed E-state index contributed by atoms with van der Waals surface area (Å²) in [4.78, 5) is 21.6. The van der Waals surface area contributed by atoms with Crippen molar-refractivity contribution in [2.24, 2.45) is 0 Å². The molecule has 0 aromatic heterocycles. The van der Waals surface area contributed by atoms with Gasteiger partial charge in [-0.25, -0.2) is 0 Å². The van der Waals surface area contributed by atoms with Crippen LogP contribution in [0.5, 0.6) is 5.75 Å². The summed E-state index contributed by atoms with van der Waals surface area (Å²) in [6, 6.07) is 5.12. The van der Waals surface area contributed by atoms with Crippen molar-refractivity contribution in [3.63, 3.8) is 0 Å². The van der Waals surface area contributed by atoms with Crippen molar-refractivity contribution >= 4 is 12.3 Å². The van der Waals surface area contributed by atoms with Gasteiger partial charge in [-0.2, -0.15) is 0 Å². The highest BCUT2D eigenvalue weighted by molar-refractivity contribution is 5.77. The number of carbonyl (C=O) groups excluding carboxylic acids is 2. The topological polar surface area (TPSA) is 43.4 Å². The van der Waals surface area contributed by atoms with Crippen LogP contribution in [-0.4, -0.2) is 12.3 Å². The van der Waals surface area contributed by atoms with E-state index in [1.807, 2.05) is 0 Å². The van der Waals surface area contributed by atoms with Crippen molar-refractivity contribution in [2.75, 3.05) is 0 Å². The number of ether oxygens (including phenoxy) is 1. The molecular weight excluding hydrogens is 180 g/mol. The second-order valence-corrected chi connectivity index (χ2v) is 3.31. The van der Waals surface area contributed by atoms with Gasteiger partial charge in [-0.15, -0.1) is 0 Å². The van der Waals surface area contributed by atoms with E-state index in [4.69, 9.17) is 4.74 Å². The van der Waals surface area contributed by atoms with Crippen molar-refractivity contribution in [1.29, 1.82) is 0 Å². The molecule has 0 fully saturated rings. The van der Waals surface area contributed by atoms with Crippen molar-refractivity contribution < 1.29 is 14.3 Å². The lowest BCUT2D eigenvalue weighted by Crippen LogP contribution is -2.05. The van der Waals surface area contributed by atoms with Gasteiger partial charge in [0, 0.05) is 12.0 Å². The molecule has 0 unspecified atom stereocenters. The van der Waals surface area contributed by atoms with Gasteiger partial charge in [-0.1, -0.05) is 0 Å². The first-order valence-electron chi connectivity index (χ1n) is 4.58. The fourth-order valence-corrected chi connectivity index (χ4v) is 1.56. The minimum Gasteiger partial charge on any atom is -0.426 e. The lowest BCUT2D eigenvalue weighted by molar-refractivity contribution is -0.134. The van der Waals surface area contributed by atoms with E-state index in [2.05, 4.69) is 0 Å². The third-order valence-electron chi connectivity index (χ3n) is 2.27. The lowest BCUT2D eigenvalue weighted by Gasteiger charge is -2.04. The third-order valence-corrected chi connectivity index (χ3v) is 2.27. The van der Waals surface area contributed by atoms with Crippen molar-refractivity contribution in [1.82, 2.24) is 0 Å². The first-order valence-corrected chi connectivity index (χ1v) is 4.58. The number of hydrogen-bond acceptors (Lipinski definition) is 3. The van der Waals surface area contributed by atoms with Gasteiger partial charge in [0.25, 0.3) is 0 Å². The van der Waals surface area contributed by atoms with E-state index in [0.717, 1.165) is 24.7 Å². The number of fused-ring (bicyclic) bond motifs is 1. The second-order valence-electron chi connectivity index (χ2n) is 3.31. The molecule has 0 radical (unpaired) electrons. The molecule has 0 saturated carbocycles. The van der Waals surface area contributed by atoms with E-state index >= 15 is 0 Å². The predicted octanol–water partition coefficient (Wildman–Crippen LogP) is 1.74. The molecule has 0 amide bonds. The van der Waals surface area contributed by atoms with Crippen LogP contribution in [-0.2, 0) is 11.2 Å². The van der Waals surface area contributed by atoms with Gasteiger partial charge < -0.3 is 4.74 Å². The molecule has 0 saturated heterocycles. The van der Waals surface area contributed by atoms with Crippen LogP contribution >= 0.6 is 0 Å². The molecule has 0 bridgehead atoms. The van der Waals surface area contributed by atoms with E-state index in [9.17, 15) is 9.59 Å².